The van der Waals surface area contributed by atoms with Crippen LogP contribution in [0.1, 0.15) is 44.8 Å². The molecule has 3 heterocycles. The molecule has 1 atom stereocenters. The van der Waals surface area contributed by atoms with Crippen molar-refractivity contribution in [3.63, 3.8) is 0 Å². The molecule has 5 heteroatoms. The Morgan fingerprint density at radius 3 is 2.95 bits per heavy atom. The first-order valence-corrected chi connectivity index (χ1v) is 7.82. The highest BCUT2D eigenvalue weighted by Gasteiger charge is 2.27. The quantitative estimate of drug-likeness (QED) is 0.923. The highest BCUT2D eigenvalue weighted by molar-refractivity contribution is 7.13. The van der Waals surface area contributed by atoms with Crippen LogP contribution in [0.3, 0.4) is 0 Å². The number of piperidine rings is 1. The van der Waals surface area contributed by atoms with Gasteiger partial charge in [-0.15, -0.1) is 11.3 Å². The van der Waals surface area contributed by atoms with Crippen molar-refractivity contribution in [2.75, 3.05) is 13.1 Å². The topological polar surface area (TPSA) is 49.0 Å². The van der Waals surface area contributed by atoms with E-state index in [0.29, 0.717) is 5.92 Å². The Hall–Kier alpha value is -1.62. The van der Waals surface area contributed by atoms with E-state index in [2.05, 4.69) is 9.97 Å². The molecule has 106 valence electrons. The number of nitrogens with one attached hydrogen (secondary N) is 1. The van der Waals surface area contributed by atoms with E-state index in [1.54, 1.807) is 11.3 Å². The maximum absolute atomic E-state index is 12.5. The van der Waals surface area contributed by atoms with Crippen molar-refractivity contribution in [3.05, 3.63) is 39.6 Å². The van der Waals surface area contributed by atoms with Crippen molar-refractivity contribution in [2.24, 2.45) is 0 Å². The van der Waals surface area contributed by atoms with Crippen molar-refractivity contribution in [1.82, 2.24) is 14.9 Å². The number of aromatic nitrogens is 2. The van der Waals surface area contributed by atoms with Gasteiger partial charge in [0.25, 0.3) is 5.91 Å². The number of hydrogen-bond acceptors (Lipinski definition) is 3. The van der Waals surface area contributed by atoms with Crippen LogP contribution in [0, 0.1) is 13.8 Å². The first-order valence-electron chi connectivity index (χ1n) is 7.00. The van der Waals surface area contributed by atoms with E-state index >= 15 is 0 Å². The van der Waals surface area contributed by atoms with Crippen LogP contribution in [0.2, 0.25) is 0 Å². The van der Waals surface area contributed by atoms with Gasteiger partial charge in [0.2, 0.25) is 0 Å². The lowest BCUT2D eigenvalue weighted by Crippen LogP contribution is -2.39. The monoisotopic (exact) mass is 289 g/mol. The summed E-state index contributed by atoms with van der Waals surface area (Å²) in [6.45, 7) is 5.66. The number of likely N-dealkylation sites (tertiary alicyclic amines) is 1. The number of hydrogen-bond donors (Lipinski definition) is 1. The van der Waals surface area contributed by atoms with Crippen molar-refractivity contribution >= 4 is 17.2 Å². The van der Waals surface area contributed by atoms with Crippen LogP contribution in [-0.4, -0.2) is 33.9 Å². The second-order valence-corrected chi connectivity index (χ2v) is 6.74. The Morgan fingerprint density at radius 2 is 2.30 bits per heavy atom. The van der Waals surface area contributed by atoms with Gasteiger partial charge in [-0.25, -0.2) is 4.98 Å². The van der Waals surface area contributed by atoms with Gasteiger partial charge in [-0.1, -0.05) is 0 Å². The normalized spacial score (nSPS) is 19.3. The lowest BCUT2D eigenvalue weighted by molar-refractivity contribution is 0.0709. The van der Waals surface area contributed by atoms with Gasteiger partial charge in [0.1, 0.15) is 5.82 Å². The zero-order valence-corrected chi connectivity index (χ0v) is 12.7. The number of H-pyrrole nitrogens is 1. The van der Waals surface area contributed by atoms with Crippen LogP contribution in [-0.2, 0) is 0 Å². The number of rotatable bonds is 2. The van der Waals surface area contributed by atoms with Gasteiger partial charge in [0.15, 0.2) is 0 Å². The minimum absolute atomic E-state index is 0.163. The highest BCUT2D eigenvalue weighted by atomic mass is 32.1. The van der Waals surface area contributed by atoms with Gasteiger partial charge < -0.3 is 9.88 Å². The van der Waals surface area contributed by atoms with Gasteiger partial charge in [-0.3, -0.25) is 4.79 Å². The summed E-state index contributed by atoms with van der Waals surface area (Å²) in [5.41, 5.74) is 1.08. The van der Waals surface area contributed by atoms with Crippen LogP contribution in [0.15, 0.2) is 18.3 Å². The van der Waals surface area contributed by atoms with Crippen molar-refractivity contribution in [3.8, 4) is 0 Å². The number of aryl methyl sites for hydroxylation is 2. The number of imidazole rings is 1. The molecule has 0 spiro atoms. The van der Waals surface area contributed by atoms with E-state index in [1.165, 1.54) is 4.88 Å². The van der Waals surface area contributed by atoms with Crippen LogP contribution in [0.5, 0.6) is 0 Å². The fourth-order valence-electron chi connectivity index (χ4n) is 2.73. The number of carbonyl (C=O) groups excluding carboxylic acids is 1. The second kappa shape index (κ2) is 5.40. The molecule has 0 bridgehead atoms. The summed E-state index contributed by atoms with van der Waals surface area (Å²) < 4.78 is 0. The fourth-order valence-corrected chi connectivity index (χ4v) is 3.57. The maximum Gasteiger partial charge on any atom is 0.263 e. The molecule has 1 aliphatic heterocycles. The van der Waals surface area contributed by atoms with Gasteiger partial charge in [0.05, 0.1) is 4.88 Å². The van der Waals surface area contributed by atoms with Crippen molar-refractivity contribution in [1.29, 1.82) is 0 Å². The molecule has 0 aromatic carbocycles. The first-order chi connectivity index (χ1) is 9.63. The molecule has 20 heavy (non-hydrogen) atoms. The second-order valence-electron chi connectivity index (χ2n) is 5.45. The highest BCUT2D eigenvalue weighted by Crippen LogP contribution is 2.27. The van der Waals surface area contributed by atoms with Gasteiger partial charge in [-0.2, -0.15) is 0 Å². The first kappa shape index (κ1) is 13.4. The Balaban J connectivity index is 1.73. The molecule has 0 unspecified atom stereocenters. The molecule has 1 N–H and O–H groups in total. The van der Waals surface area contributed by atoms with Gasteiger partial charge >= 0.3 is 0 Å². The number of carbonyl (C=O) groups is 1. The van der Waals surface area contributed by atoms with E-state index in [-0.39, 0.29) is 5.91 Å². The minimum atomic E-state index is 0.163. The Bertz CT molecular complexity index is 616. The predicted octanol–water partition coefficient (Wildman–Crippen LogP) is 3.11. The van der Waals surface area contributed by atoms with Crippen LogP contribution >= 0.6 is 11.3 Å². The Kier molecular flexibility index (Phi) is 3.61. The van der Waals surface area contributed by atoms with E-state index in [0.717, 1.165) is 42.3 Å². The number of aromatic amines is 1. The third-order valence-electron chi connectivity index (χ3n) is 3.77. The molecule has 4 nitrogen and oxygen atoms in total. The summed E-state index contributed by atoms with van der Waals surface area (Å²) in [6.07, 6.45) is 4.00. The molecule has 3 rings (SSSR count). The molecule has 1 fully saturated rings. The molecular formula is C15H19N3OS. The van der Waals surface area contributed by atoms with Crippen LogP contribution in [0.25, 0.3) is 0 Å². The smallest absolute Gasteiger partial charge is 0.263 e. The molecule has 2 aromatic heterocycles. The standard InChI is InChI=1S/C15H19N3OS/c1-10-8-16-14(17-10)12-4-3-7-18(9-12)15(19)13-6-5-11(2)20-13/h5-6,8,12H,3-4,7,9H2,1-2H3,(H,16,17)/t12-/m1/s1. The largest absolute Gasteiger partial charge is 0.346 e. The molecule has 2 aromatic rings. The molecule has 1 amide bonds. The molecule has 0 saturated carbocycles. The van der Waals surface area contributed by atoms with E-state index in [9.17, 15) is 4.79 Å². The SMILES string of the molecule is Cc1cnc([C@@H]2CCCN(C(=O)c3ccc(C)s3)C2)[nH]1. The summed E-state index contributed by atoms with van der Waals surface area (Å²) >= 11 is 1.58. The Labute approximate surface area is 122 Å². The average Bonchev–Trinajstić information content (AvgIpc) is 3.07. The van der Waals surface area contributed by atoms with Crippen molar-refractivity contribution < 1.29 is 4.79 Å². The van der Waals surface area contributed by atoms with Crippen LogP contribution in [0.4, 0.5) is 0 Å². The van der Waals surface area contributed by atoms with Crippen LogP contribution < -0.4 is 0 Å². The lowest BCUT2D eigenvalue weighted by atomic mass is 9.97. The third-order valence-corrected chi connectivity index (χ3v) is 4.76. The Morgan fingerprint density at radius 1 is 1.45 bits per heavy atom. The third kappa shape index (κ3) is 2.63. The minimum Gasteiger partial charge on any atom is -0.346 e. The van der Waals surface area contributed by atoms with E-state index in [4.69, 9.17) is 0 Å². The molecule has 1 saturated heterocycles. The number of thiophene rings is 1. The molecule has 0 aliphatic carbocycles. The van der Waals surface area contributed by atoms with Crippen molar-refractivity contribution in [2.45, 2.75) is 32.6 Å². The summed E-state index contributed by atoms with van der Waals surface area (Å²) in [5.74, 6) is 1.51. The molecule has 0 radical (unpaired) electrons. The van der Waals surface area contributed by atoms with E-state index in [1.807, 2.05) is 37.1 Å². The lowest BCUT2D eigenvalue weighted by Gasteiger charge is -2.31. The number of nitrogens with zero attached hydrogens (tertiary/aromatic N) is 2. The zero-order chi connectivity index (χ0) is 14.1. The summed E-state index contributed by atoms with van der Waals surface area (Å²) in [6, 6.07) is 3.94. The fraction of sp³-hybridized carbons (Fsp3) is 0.467. The molecular weight excluding hydrogens is 270 g/mol. The zero-order valence-electron chi connectivity index (χ0n) is 11.8. The van der Waals surface area contributed by atoms with Gasteiger partial charge in [-0.05, 0) is 38.8 Å². The number of amides is 1. The summed E-state index contributed by atoms with van der Waals surface area (Å²) in [7, 11) is 0. The van der Waals surface area contributed by atoms with Gasteiger partial charge in [0, 0.05) is 35.8 Å². The van der Waals surface area contributed by atoms with E-state index < -0.39 is 0 Å². The molecule has 1 aliphatic rings. The maximum atomic E-state index is 12.5. The summed E-state index contributed by atoms with van der Waals surface area (Å²) in [4.78, 5) is 24.2. The average molecular weight is 289 g/mol. The summed E-state index contributed by atoms with van der Waals surface area (Å²) in [5, 5.41) is 0. The predicted molar refractivity (Wildman–Crippen MR) is 80.3 cm³/mol.